The Morgan fingerprint density at radius 2 is 1.89 bits per heavy atom. The maximum atomic E-state index is 12.6. The Balaban J connectivity index is 1.43. The van der Waals surface area contributed by atoms with Gasteiger partial charge in [-0.05, 0) is 68.0 Å². The minimum absolute atomic E-state index is 0.359. The summed E-state index contributed by atoms with van der Waals surface area (Å²) in [7, 11) is -3.48. The molecule has 0 spiro atoms. The number of nitrogens with zero attached hydrogens (tertiary/aromatic N) is 2. The molecule has 27 heavy (non-hydrogen) atoms. The van der Waals surface area contributed by atoms with E-state index in [9.17, 15) is 8.42 Å². The molecule has 1 N–H and O–H groups in total. The van der Waals surface area contributed by atoms with E-state index in [0.717, 1.165) is 46.0 Å². The first kappa shape index (κ1) is 18.3. The Bertz CT molecular complexity index is 1060. The number of fused-ring (bicyclic) bond motifs is 1. The summed E-state index contributed by atoms with van der Waals surface area (Å²) in [4.78, 5) is 10.1. The van der Waals surface area contributed by atoms with E-state index in [1.165, 1.54) is 5.56 Å². The van der Waals surface area contributed by atoms with Crippen molar-refractivity contribution in [3.05, 3.63) is 64.4 Å². The van der Waals surface area contributed by atoms with E-state index < -0.39 is 10.0 Å². The molecule has 140 valence electrons. The number of hydrogen-bond donors (Lipinski definition) is 1. The lowest BCUT2D eigenvalue weighted by Gasteiger charge is -2.08. The van der Waals surface area contributed by atoms with E-state index in [1.54, 1.807) is 29.8 Å². The van der Waals surface area contributed by atoms with Crippen molar-refractivity contribution in [3.8, 4) is 10.6 Å². The molecule has 3 aromatic rings. The molecule has 0 aliphatic heterocycles. The van der Waals surface area contributed by atoms with Gasteiger partial charge >= 0.3 is 0 Å². The van der Waals surface area contributed by atoms with Crippen molar-refractivity contribution in [2.75, 3.05) is 6.54 Å². The van der Waals surface area contributed by atoms with Gasteiger partial charge in [0.15, 0.2) is 0 Å². The zero-order valence-corrected chi connectivity index (χ0v) is 16.7. The van der Waals surface area contributed by atoms with E-state index in [2.05, 4.69) is 14.7 Å². The van der Waals surface area contributed by atoms with Crippen LogP contribution in [0.15, 0.2) is 47.6 Å². The summed E-state index contributed by atoms with van der Waals surface area (Å²) in [6.45, 7) is 2.32. The number of aryl methyl sites for hydroxylation is 3. The first-order valence-corrected chi connectivity index (χ1v) is 11.3. The number of benzene rings is 1. The van der Waals surface area contributed by atoms with Gasteiger partial charge in [-0.1, -0.05) is 6.07 Å². The molecule has 1 aromatic carbocycles. The molecule has 7 heteroatoms. The quantitative estimate of drug-likeness (QED) is 0.688. The van der Waals surface area contributed by atoms with Crippen LogP contribution in [-0.4, -0.2) is 24.9 Å². The maximum Gasteiger partial charge on any atom is 0.240 e. The van der Waals surface area contributed by atoms with Gasteiger partial charge in [-0.3, -0.25) is 4.98 Å². The van der Waals surface area contributed by atoms with Crippen LogP contribution in [0.3, 0.4) is 0 Å². The summed E-state index contributed by atoms with van der Waals surface area (Å²) in [5.74, 6) is 0. The van der Waals surface area contributed by atoms with Crippen LogP contribution in [0.4, 0.5) is 0 Å². The lowest BCUT2D eigenvalue weighted by molar-refractivity contribution is 0.581. The third-order valence-electron chi connectivity index (χ3n) is 4.84. The second-order valence-corrected chi connectivity index (χ2v) is 9.55. The van der Waals surface area contributed by atoms with Gasteiger partial charge in [0.25, 0.3) is 0 Å². The van der Waals surface area contributed by atoms with Crippen LogP contribution in [-0.2, 0) is 29.3 Å². The van der Waals surface area contributed by atoms with E-state index in [-0.39, 0.29) is 0 Å². The smallest absolute Gasteiger partial charge is 0.240 e. The molecule has 0 fully saturated rings. The largest absolute Gasteiger partial charge is 0.265 e. The molecule has 0 saturated carbocycles. The molecule has 0 amide bonds. The minimum atomic E-state index is -3.48. The van der Waals surface area contributed by atoms with Crippen LogP contribution in [0.1, 0.15) is 28.1 Å². The van der Waals surface area contributed by atoms with Crippen molar-refractivity contribution in [3.63, 3.8) is 0 Å². The zero-order valence-electron chi connectivity index (χ0n) is 15.1. The summed E-state index contributed by atoms with van der Waals surface area (Å²) in [6, 6.07) is 9.35. The minimum Gasteiger partial charge on any atom is -0.265 e. The molecule has 0 saturated heterocycles. The van der Waals surface area contributed by atoms with Gasteiger partial charge in [0, 0.05) is 29.4 Å². The number of aromatic nitrogens is 2. The van der Waals surface area contributed by atoms with Crippen LogP contribution < -0.4 is 4.72 Å². The maximum absolute atomic E-state index is 12.6. The summed E-state index contributed by atoms with van der Waals surface area (Å²) in [5, 5.41) is 0.936. The summed E-state index contributed by atoms with van der Waals surface area (Å²) < 4.78 is 27.9. The van der Waals surface area contributed by atoms with Crippen molar-refractivity contribution in [1.82, 2.24) is 14.7 Å². The fourth-order valence-electron chi connectivity index (χ4n) is 3.38. The number of sulfonamides is 1. The van der Waals surface area contributed by atoms with Crippen molar-refractivity contribution >= 4 is 21.4 Å². The summed E-state index contributed by atoms with van der Waals surface area (Å²) >= 11 is 1.60. The molecule has 1 aliphatic rings. The zero-order chi connectivity index (χ0) is 18.9. The first-order valence-electron chi connectivity index (χ1n) is 9.01. The SMILES string of the molecule is Cc1nc(-c2ccncc2)sc1CCNS(=O)(=O)c1ccc2c(c1)CCC2. The van der Waals surface area contributed by atoms with Crippen LogP contribution >= 0.6 is 11.3 Å². The van der Waals surface area contributed by atoms with Crippen molar-refractivity contribution in [2.45, 2.75) is 37.5 Å². The van der Waals surface area contributed by atoms with Gasteiger partial charge < -0.3 is 0 Å². The second kappa shape index (κ2) is 7.50. The normalized spacial score (nSPS) is 13.7. The number of pyridine rings is 1. The fourth-order valence-corrected chi connectivity index (χ4v) is 5.52. The highest BCUT2D eigenvalue weighted by Gasteiger charge is 2.18. The highest BCUT2D eigenvalue weighted by atomic mass is 32.2. The van der Waals surface area contributed by atoms with E-state index in [4.69, 9.17) is 0 Å². The molecule has 5 nitrogen and oxygen atoms in total. The van der Waals surface area contributed by atoms with Gasteiger partial charge in [0.2, 0.25) is 10.0 Å². The lowest BCUT2D eigenvalue weighted by atomic mass is 10.1. The molecule has 4 rings (SSSR count). The molecule has 0 unspecified atom stereocenters. The van der Waals surface area contributed by atoms with Crippen LogP contribution in [0.5, 0.6) is 0 Å². The molecular formula is C20H21N3O2S2. The Morgan fingerprint density at radius 3 is 2.70 bits per heavy atom. The molecule has 0 atom stereocenters. The number of rotatable bonds is 6. The van der Waals surface area contributed by atoms with E-state index >= 15 is 0 Å². The second-order valence-electron chi connectivity index (χ2n) is 6.70. The fraction of sp³-hybridized carbons (Fsp3) is 0.300. The molecular weight excluding hydrogens is 378 g/mol. The Morgan fingerprint density at radius 1 is 1.11 bits per heavy atom. The summed E-state index contributed by atoms with van der Waals surface area (Å²) in [5.41, 5.74) is 4.42. The number of thiazole rings is 1. The predicted molar refractivity (Wildman–Crippen MR) is 107 cm³/mol. The van der Waals surface area contributed by atoms with Crippen LogP contribution in [0.25, 0.3) is 10.6 Å². The van der Waals surface area contributed by atoms with Gasteiger partial charge in [0.1, 0.15) is 5.01 Å². The van der Waals surface area contributed by atoms with Gasteiger partial charge in [-0.15, -0.1) is 11.3 Å². The molecule has 2 aromatic heterocycles. The third kappa shape index (κ3) is 3.95. The van der Waals surface area contributed by atoms with Crippen molar-refractivity contribution in [2.24, 2.45) is 0 Å². The Labute approximate surface area is 163 Å². The predicted octanol–water partition coefficient (Wildman–Crippen LogP) is 3.52. The van der Waals surface area contributed by atoms with Crippen LogP contribution in [0, 0.1) is 6.92 Å². The molecule has 0 bridgehead atoms. The monoisotopic (exact) mass is 399 g/mol. The first-order chi connectivity index (χ1) is 13.0. The van der Waals surface area contributed by atoms with Gasteiger partial charge in [0.05, 0.1) is 10.6 Å². The molecule has 0 radical (unpaired) electrons. The summed E-state index contributed by atoms with van der Waals surface area (Å²) in [6.07, 6.45) is 7.24. The van der Waals surface area contributed by atoms with Crippen LogP contribution in [0.2, 0.25) is 0 Å². The molecule has 2 heterocycles. The van der Waals surface area contributed by atoms with Crippen molar-refractivity contribution in [1.29, 1.82) is 0 Å². The van der Waals surface area contributed by atoms with Gasteiger partial charge in [-0.25, -0.2) is 18.1 Å². The molecule has 1 aliphatic carbocycles. The Kier molecular flexibility index (Phi) is 5.08. The topological polar surface area (TPSA) is 72.0 Å². The van der Waals surface area contributed by atoms with Crippen molar-refractivity contribution < 1.29 is 8.42 Å². The van der Waals surface area contributed by atoms with E-state index in [0.29, 0.717) is 17.9 Å². The highest BCUT2D eigenvalue weighted by Crippen LogP contribution is 2.28. The third-order valence-corrected chi connectivity index (χ3v) is 7.57. The lowest BCUT2D eigenvalue weighted by Crippen LogP contribution is -2.26. The standard InChI is InChI=1S/C20H21N3O2S2/c1-14-19(26-20(23-14)16-7-10-21-11-8-16)9-12-22-27(24,25)18-6-5-15-3-2-4-17(15)13-18/h5-8,10-11,13,22H,2-4,9,12H2,1H3. The Hall–Kier alpha value is -2.09. The van der Waals surface area contributed by atoms with Gasteiger partial charge in [-0.2, -0.15) is 0 Å². The highest BCUT2D eigenvalue weighted by molar-refractivity contribution is 7.89. The number of nitrogens with one attached hydrogen (secondary N) is 1. The number of hydrogen-bond acceptors (Lipinski definition) is 5. The van der Waals surface area contributed by atoms with E-state index in [1.807, 2.05) is 31.2 Å². The average molecular weight is 400 g/mol. The average Bonchev–Trinajstić information content (AvgIpc) is 3.28.